The van der Waals surface area contributed by atoms with E-state index in [9.17, 15) is 0 Å². The van der Waals surface area contributed by atoms with Crippen molar-refractivity contribution in [1.82, 2.24) is 4.98 Å². The maximum atomic E-state index is 6.13. The van der Waals surface area contributed by atoms with Crippen LogP contribution in [0.2, 0.25) is 5.02 Å². The molecule has 18 heavy (non-hydrogen) atoms. The highest BCUT2D eigenvalue weighted by atomic mass is 79.9. The van der Waals surface area contributed by atoms with Gasteiger partial charge in [-0.15, -0.1) is 0 Å². The third kappa shape index (κ3) is 3.70. The van der Waals surface area contributed by atoms with Gasteiger partial charge in [0.1, 0.15) is 12.4 Å². The number of pyridine rings is 1. The van der Waals surface area contributed by atoms with E-state index in [2.05, 4.69) is 36.8 Å². The maximum Gasteiger partial charge on any atom is 0.138 e. The van der Waals surface area contributed by atoms with Crippen molar-refractivity contribution in [3.63, 3.8) is 0 Å². The van der Waals surface area contributed by atoms with E-state index in [1.54, 1.807) is 6.20 Å². The lowest BCUT2D eigenvalue weighted by molar-refractivity contribution is 0.301. The second kappa shape index (κ2) is 6.55. The van der Waals surface area contributed by atoms with E-state index in [1.807, 2.05) is 30.3 Å². The molecule has 2 aromatic rings. The number of halogens is 3. The van der Waals surface area contributed by atoms with Gasteiger partial charge in [-0.1, -0.05) is 33.6 Å². The van der Waals surface area contributed by atoms with E-state index < -0.39 is 0 Å². The molecule has 0 radical (unpaired) electrons. The van der Waals surface area contributed by atoms with Gasteiger partial charge < -0.3 is 4.74 Å². The SMILES string of the molecule is Clc1cc(CBr)ccc1OCc1ccc(Br)cn1. The predicted octanol–water partition coefficient (Wildman–Crippen LogP) is 4.97. The van der Waals surface area contributed by atoms with Gasteiger partial charge in [-0.3, -0.25) is 4.98 Å². The highest BCUT2D eigenvalue weighted by molar-refractivity contribution is 9.10. The summed E-state index contributed by atoms with van der Waals surface area (Å²) in [4.78, 5) is 4.23. The van der Waals surface area contributed by atoms with Gasteiger partial charge in [0.25, 0.3) is 0 Å². The van der Waals surface area contributed by atoms with Crippen molar-refractivity contribution in [2.24, 2.45) is 0 Å². The van der Waals surface area contributed by atoms with Gasteiger partial charge in [-0.25, -0.2) is 0 Å². The zero-order chi connectivity index (χ0) is 13.0. The Hall–Kier alpha value is -0.580. The first-order valence-corrected chi connectivity index (χ1v) is 7.56. The second-order valence-electron chi connectivity index (χ2n) is 3.65. The molecule has 5 heteroatoms. The first kappa shape index (κ1) is 13.8. The van der Waals surface area contributed by atoms with Crippen LogP contribution < -0.4 is 4.74 Å². The Morgan fingerprint density at radius 2 is 2.06 bits per heavy atom. The van der Waals surface area contributed by atoms with Crippen LogP contribution in [0.15, 0.2) is 41.0 Å². The highest BCUT2D eigenvalue weighted by Crippen LogP contribution is 2.27. The number of aromatic nitrogens is 1. The molecule has 0 N–H and O–H groups in total. The van der Waals surface area contributed by atoms with E-state index in [0.717, 1.165) is 21.1 Å². The van der Waals surface area contributed by atoms with Crippen molar-refractivity contribution in [3.8, 4) is 5.75 Å². The summed E-state index contributed by atoms with van der Waals surface area (Å²) in [5, 5.41) is 1.39. The van der Waals surface area contributed by atoms with Crippen molar-refractivity contribution in [2.45, 2.75) is 11.9 Å². The lowest BCUT2D eigenvalue weighted by Crippen LogP contribution is -1.98. The van der Waals surface area contributed by atoms with Crippen LogP contribution in [0.5, 0.6) is 5.75 Å². The van der Waals surface area contributed by atoms with Crippen LogP contribution in [-0.4, -0.2) is 4.98 Å². The Kier molecular flexibility index (Phi) is 5.03. The minimum absolute atomic E-state index is 0.403. The van der Waals surface area contributed by atoms with Crippen molar-refractivity contribution in [2.75, 3.05) is 0 Å². The van der Waals surface area contributed by atoms with Gasteiger partial charge in [-0.05, 0) is 45.8 Å². The van der Waals surface area contributed by atoms with Crippen LogP contribution in [0.3, 0.4) is 0 Å². The second-order valence-corrected chi connectivity index (χ2v) is 5.54. The molecule has 0 bridgehead atoms. The third-order valence-electron chi connectivity index (χ3n) is 2.31. The minimum atomic E-state index is 0.403. The lowest BCUT2D eigenvalue weighted by atomic mass is 10.2. The molecule has 0 spiro atoms. The Labute approximate surface area is 128 Å². The summed E-state index contributed by atoms with van der Waals surface area (Å²) in [7, 11) is 0. The maximum absolute atomic E-state index is 6.13. The normalized spacial score (nSPS) is 10.4. The van der Waals surface area contributed by atoms with E-state index in [1.165, 1.54) is 0 Å². The minimum Gasteiger partial charge on any atom is -0.486 e. The number of ether oxygens (including phenoxy) is 1. The number of alkyl halides is 1. The fourth-order valence-electron chi connectivity index (χ4n) is 1.39. The molecule has 0 unspecified atom stereocenters. The molecular weight excluding hydrogens is 381 g/mol. The van der Waals surface area contributed by atoms with Crippen molar-refractivity contribution in [3.05, 3.63) is 57.3 Å². The lowest BCUT2D eigenvalue weighted by Gasteiger charge is -2.08. The standard InChI is InChI=1S/C13H10Br2ClNO/c14-6-9-1-4-13(12(16)5-9)18-8-11-3-2-10(15)7-17-11/h1-5,7H,6,8H2. The van der Waals surface area contributed by atoms with Gasteiger partial charge in [0.05, 0.1) is 10.7 Å². The van der Waals surface area contributed by atoms with Gasteiger partial charge in [0.15, 0.2) is 0 Å². The molecule has 0 saturated heterocycles. The van der Waals surface area contributed by atoms with Gasteiger partial charge in [0, 0.05) is 16.0 Å². The van der Waals surface area contributed by atoms with Crippen LogP contribution in [-0.2, 0) is 11.9 Å². The molecule has 94 valence electrons. The number of hydrogen-bond donors (Lipinski definition) is 0. The fourth-order valence-corrected chi connectivity index (χ4v) is 2.23. The topological polar surface area (TPSA) is 22.1 Å². The molecule has 0 atom stereocenters. The smallest absolute Gasteiger partial charge is 0.138 e. The quantitative estimate of drug-likeness (QED) is 0.687. The van der Waals surface area contributed by atoms with E-state index in [0.29, 0.717) is 17.4 Å². The summed E-state index contributed by atoms with van der Waals surface area (Å²) in [6.07, 6.45) is 1.74. The van der Waals surface area contributed by atoms with Crippen LogP contribution in [0.1, 0.15) is 11.3 Å². The highest BCUT2D eigenvalue weighted by Gasteiger charge is 2.03. The number of nitrogens with zero attached hydrogens (tertiary/aromatic N) is 1. The van der Waals surface area contributed by atoms with Crippen molar-refractivity contribution in [1.29, 1.82) is 0 Å². The molecule has 0 aliphatic heterocycles. The Bertz CT molecular complexity index is 531. The largest absolute Gasteiger partial charge is 0.486 e. The first-order valence-electron chi connectivity index (χ1n) is 5.26. The van der Waals surface area contributed by atoms with E-state index in [4.69, 9.17) is 16.3 Å². The molecule has 0 saturated carbocycles. The number of rotatable bonds is 4. The fraction of sp³-hybridized carbons (Fsp3) is 0.154. The average Bonchev–Trinajstić information content (AvgIpc) is 2.39. The van der Waals surface area contributed by atoms with Crippen molar-refractivity contribution >= 4 is 43.5 Å². The molecule has 0 aliphatic carbocycles. The molecule has 0 amide bonds. The Morgan fingerprint density at radius 1 is 1.22 bits per heavy atom. The summed E-state index contributed by atoms with van der Waals surface area (Å²) in [5.41, 5.74) is 1.98. The molecule has 0 fully saturated rings. The van der Waals surface area contributed by atoms with Crippen LogP contribution >= 0.6 is 43.5 Å². The molecule has 2 nitrogen and oxygen atoms in total. The first-order chi connectivity index (χ1) is 8.69. The molecule has 1 aromatic carbocycles. The number of hydrogen-bond acceptors (Lipinski definition) is 2. The third-order valence-corrected chi connectivity index (χ3v) is 3.73. The van der Waals surface area contributed by atoms with Crippen LogP contribution in [0, 0.1) is 0 Å². The monoisotopic (exact) mass is 389 g/mol. The summed E-state index contributed by atoms with van der Waals surface area (Å²) < 4.78 is 6.59. The Morgan fingerprint density at radius 3 is 2.67 bits per heavy atom. The van der Waals surface area contributed by atoms with E-state index in [-0.39, 0.29) is 0 Å². The zero-order valence-corrected chi connectivity index (χ0v) is 13.3. The summed E-state index contributed by atoms with van der Waals surface area (Å²) >= 11 is 12.9. The zero-order valence-electron chi connectivity index (χ0n) is 9.37. The average molecular weight is 391 g/mol. The van der Waals surface area contributed by atoms with E-state index >= 15 is 0 Å². The van der Waals surface area contributed by atoms with Gasteiger partial charge in [-0.2, -0.15) is 0 Å². The molecule has 1 aromatic heterocycles. The predicted molar refractivity (Wildman–Crippen MR) is 80.4 cm³/mol. The summed E-state index contributed by atoms with van der Waals surface area (Å²) in [5.74, 6) is 0.672. The van der Waals surface area contributed by atoms with Crippen molar-refractivity contribution < 1.29 is 4.74 Å². The molecular formula is C13H10Br2ClNO. The van der Waals surface area contributed by atoms with Crippen LogP contribution in [0.4, 0.5) is 0 Å². The molecule has 0 aliphatic rings. The summed E-state index contributed by atoms with van der Waals surface area (Å²) in [6.45, 7) is 0.403. The van der Waals surface area contributed by atoms with Crippen LogP contribution in [0.25, 0.3) is 0 Å². The molecule has 1 heterocycles. The Balaban J connectivity index is 2.04. The number of benzene rings is 1. The van der Waals surface area contributed by atoms with Gasteiger partial charge in [0.2, 0.25) is 0 Å². The summed E-state index contributed by atoms with van der Waals surface area (Å²) in [6, 6.07) is 9.58. The molecule has 2 rings (SSSR count). The van der Waals surface area contributed by atoms with Gasteiger partial charge >= 0.3 is 0 Å².